The van der Waals surface area contributed by atoms with E-state index < -0.39 is 0 Å². The normalized spacial score (nSPS) is 14.3. The van der Waals surface area contributed by atoms with Crippen molar-refractivity contribution in [3.05, 3.63) is 60.2 Å². The van der Waals surface area contributed by atoms with Gasteiger partial charge in [-0.1, -0.05) is 30.3 Å². The van der Waals surface area contributed by atoms with Crippen LogP contribution in [-0.4, -0.2) is 26.2 Å². The number of hydrogen-bond donors (Lipinski definition) is 2. The van der Waals surface area contributed by atoms with Crippen LogP contribution in [0.25, 0.3) is 0 Å². The maximum Gasteiger partial charge on any atom is 0.0369 e. The molecule has 1 aliphatic heterocycles. The maximum absolute atomic E-state index is 5.27. The summed E-state index contributed by atoms with van der Waals surface area (Å²) in [6, 6.07) is 18.6. The quantitative estimate of drug-likeness (QED) is 0.837. The molecular weight excluding hydrogens is 278 g/mol. The molecule has 21 heavy (non-hydrogen) atoms. The van der Waals surface area contributed by atoms with Crippen LogP contribution in [0.5, 0.6) is 0 Å². The molecule has 0 atom stereocenters. The van der Waals surface area contributed by atoms with Crippen LogP contribution >= 0.6 is 11.9 Å². The van der Waals surface area contributed by atoms with Crippen molar-refractivity contribution in [2.75, 3.05) is 31.1 Å². The van der Waals surface area contributed by atoms with E-state index in [9.17, 15) is 0 Å². The largest absolute Gasteiger partial charge is 0.369 e. The number of rotatable bonds is 2. The molecule has 0 amide bonds. The number of nitrogens with two attached hydrogens (primary N) is 1. The van der Waals surface area contributed by atoms with Crippen LogP contribution < -0.4 is 15.4 Å². The van der Waals surface area contributed by atoms with Crippen molar-refractivity contribution in [1.29, 1.82) is 0 Å². The fourth-order valence-corrected chi connectivity index (χ4v) is 2.56. The number of anilines is 1. The minimum Gasteiger partial charge on any atom is -0.369 e. The third kappa shape index (κ3) is 5.42. The molecule has 1 heterocycles. The van der Waals surface area contributed by atoms with Gasteiger partial charge in [-0.05, 0) is 48.7 Å². The Morgan fingerprint density at radius 1 is 1.00 bits per heavy atom. The van der Waals surface area contributed by atoms with Crippen molar-refractivity contribution in [2.24, 2.45) is 5.14 Å². The van der Waals surface area contributed by atoms with Gasteiger partial charge in [0.05, 0.1) is 0 Å². The first-order valence-electron chi connectivity index (χ1n) is 7.24. The van der Waals surface area contributed by atoms with Crippen LogP contribution in [0.4, 0.5) is 5.69 Å². The highest BCUT2D eigenvalue weighted by Crippen LogP contribution is 2.15. The van der Waals surface area contributed by atoms with Crippen LogP contribution in [0.1, 0.15) is 5.56 Å². The highest BCUT2D eigenvalue weighted by Gasteiger charge is 2.09. The summed E-state index contributed by atoms with van der Waals surface area (Å²) in [5.41, 5.74) is 2.71. The van der Waals surface area contributed by atoms with Gasteiger partial charge in [0.15, 0.2) is 0 Å². The summed E-state index contributed by atoms with van der Waals surface area (Å²) in [5.74, 6) is 0. The van der Waals surface area contributed by atoms with Crippen molar-refractivity contribution in [3.63, 3.8) is 0 Å². The lowest BCUT2D eigenvalue weighted by Crippen LogP contribution is -2.43. The second-order valence-corrected chi connectivity index (χ2v) is 5.71. The number of nitrogens with zero attached hydrogens (tertiary/aromatic N) is 1. The first kappa shape index (κ1) is 15.9. The average molecular weight is 301 g/mol. The van der Waals surface area contributed by atoms with Crippen molar-refractivity contribution in [3.8, 4) is 0 Å². The lowest BCUT2D eigenvalue weighted by atomic mass is 10.2. The Morgan fingerprint density at radius 2 is 1.71 bits per heavy atom. The molecule has 1 aliphatic rings. The molecule has 0 aromatic heterocycles. The molecule has 0 bridgehead atoms. The monoisotopic (exact) mass is 301 g/mol. The van der Waals surface area contributed by atoms with Gasteiger partial charge in [-0.25, -0.2) is 0 Å². The minimum atomic E-state index is 1.10. The number of hydrogen-bond acceptors (Lipinski definition) is 4. The van der Waals surface area contributed by atoms with E-state index >= 15 is 0 Å². The third-order valence-electron chi connectivity index (χ3n) is 3.36. The zero-order valence-electron chi connectivity index (χ0n) is 12.5. The van der Waals surface area contributed by atoms with Crippen molar-refractivity contribution in [1.82, 2.24) is 5.32 Å². The fourth-order valence-electron chi connectivity index (χ4n) is 2.25. The van der Waals surface area contributed by atoms with E-state index in [4.69, 9.17) is 5.14 Å². The Balaban J connectivity index is 0.000000173. The summed E-state index contributed by atoms with van der Waals surface area (Å²) >= 11 is 1.27. The number of piperazine rings is 1. The zero-order chi connectivity index (χ0) is 14.9. The van der Waals surface area contributed by atoms with Crippen molar-refractivity contribution < 1.29 is 0 Å². The Labute approximate surface area is 131 Å². The molecule has 3 N–H and O–H groups in total. The minimum absolute atomic E-state index is 1.10. The average Bonchev–Trinajstić information content (AvgIpc) is 2.57. The molecule has 2 aromatic rings. The van der Waals surface area contributed by atoms with Crippen LogP contribution in [-0.2, 0) is 0 Å². The standard InChI is InChI=1S/C11H16N2.C6H7NS/c1-10-3-2-4-11(9-10)13-7-5-12-6-8-13;7-8-6-4-2-1-3-5-6/h2-4,9,12H,5-8H2,1H3;1-5H,7H2. The smallest absolute Gasteiger partial charge is 0.0369 e. The number of nitrogens with one attached hydrogen (secondary N) is 1. The lowest BCUT2D eigenvalue weighted by Gasteiger charge is -2.29. The van der Waals surface area contributed by atoms with Crippen molar-refractivity contribution >= 4 is 17.6 Å². The maximum atomic E-state index is 5.27. The van der Waals surface area contributed by atoms with E-state index in [2.05, 4.69) is 41.4 Å². The van der Waals surface area contributed by atoms with Crippen LogP contribution in [0.3, 0.4) is 0 Å². The van der Waals surface area contributed by atoms with Gasteiger partial charge in [-0.2, -0.15) is 0 Å². The number of benzene rings is 2. The van der Waals surface area contributed by atoms with Crippen LogP contribution in [0.15, 0.2) is 59.5 Å². The van der Waals surface area contributed by atoms with Gasteiger partial charge in [0.25, 0.3) is 0 Å². The molecule has 0 saturated carbocycles. The summed E-state index contributed by atoms with van der Waals surface area (Å²) in [5, 5.41) is 8.62. The summed E-state index contributed by atoms with van der Waals surface area (Å²) in [6.07, 6.45) is 0. The molecule has 112 valence electrons. The van der Waals surface area contributed by atoms with Gasteiger partial charge >= 0.3 is 0 Å². The molecule has 4 heteroatoms. The van der Waals surface area contributed by atoms with E-state index in [0.29, 0.717) is 0 Å². The van der Waals surface area contributed by atoms with Gasteiger partial charge in [0.2, 0.25) is 0 Å². The molecular formula is C17H23N3S. The molecule has 3 nitrogen and oxygen atoms in total. The SMILES string of the molecule is Cc1cccc(N2CCNCC2)c1.NSc1ccccc1. The second kappa shape index (κ2) is 8.72. The van der Waals surface area contributed by atoms with Gasteiger partial charge in [-0.15, -0.1) is 0 Å². The lowest BCUT2D eigenvalue weighted by molar-refractivity contribution is 0.589. The van der Waals surface area contributed by atoms with E-state index in [-0.39, 0.29) is 0 Å². The molecule has 1 fully saturated rings. The Hall–Kier alpha value is -1.49. The molecule has 0 radical (unpaired) electrons. The van der Waals surface area contributed by atoms with Crippen LogP contribution in [0.2, 0.25) is 0 Å². The second-order valence-electron chi connectivity index (χ2n) is 5.01. The van der Waals surface area contributed by atoms with Gasteiger partial charge in [0, 0.05) is 36.8 Å². The summed E-state index contributed by atoms with van der Waals surface area (Å²) < 4.78 is 0. The van der Waals surface area contributed by atoms with Gasteiger partial charge in [0.1, 0.15) is 0 Å². The predicted molar refractivity (Wildman–Crippen MR) is 92.7 cm³/mol. The van der Waals surface area contributed by atoms with Gasteiger partial charge < -0.3 is 10.2 Å². The van der Waals surface area contributed by atoms with Crippen molar-refractivity contribution in [2.45, 2.75) is 11.8 Å². The molecule has 3 rings (SSSR count). The van der Waals surface area contributed by atoms with E-state index in [0.717, 1.165) is 31.1 Å². The van der Waals surface area contributed by atoms with E-state index in [1.54, 1.807) is 0 Å². The Kier molecular flexibility index (Phi) is 6.60. The topological polar surface area (TPSA) is 41.3 Å². The third-order valence-corrected chi connectivity index (χ3v) is 3.91. The fraction of sp³-hybridized carbons (Fsp3) is 0.294. The summed E-state index contributed by atoms with van der Waals surface area (Å²) in [4.78, 5) is 3.54. The van der Waals surface area contributed by atoms with E-state index in [1.165, 1.54) is 23.2 Å². The number of aryl methyl sites for hydroxylation is 1. The summed E-state index contributed by atoms with van der Waals surface area (Å²) in [6.45, 7) is 6.61. The highest BCUT2D eigenvalue weighted by atomic mass is 32.2. The zero-order valence-corrected chi connectivity index (χ0v) is 13.3. The molecule has 0 aliphatic carbocycles. The summed E-state index contributed by atoms with van der Waals surface area (Å²) in [7, 11) is 0. The predicted octanol–water partition coefficient (Wildman–Crippen LogP) is 3.06. The Bertz CT molecular complexity index is 525. The molecule has 0 spiro atoms. The Morgan fingerprint density at radius 3 is 2.29 bits per heavy atom. The first-order chi connectivity index (χ1) is 10.3. The molecule has 0 unspecified atom stereocenters. The highest BCUT2D eigenvalue weighted by molar-refractivity contribution is 7.97. The molecule has 2 aromatic carbocycles. The first-order valence-corrected chi connectivity index (χ1v) is 8.11. The molecule has 1 saturated heterocycles. The van der Waals surface area contributed by atoms with E-state index in [1.807, 2.05) is 30.3 Å². The van der Waals surface area contributed by atoms with Gasteiger partial charge in [-0.3, -0.25) is 5.14 Å². The van der Waals surface area contributed by atoms with Crippen LogP contribution in [0, 0.1) is 6.92 Å².